The minimum Gasteiger partial charge on any atom is -0.151 e. The fourth-order valence-corrected chi connectivity index (χ4v) is 8.72. The van der Waals surface area contributed by atoms with E-state index in [-0.39, 0.29) is 0 Å². The Morgan fingerprint density at radius 3 is 1.30 bits per heavy atom. The molecule has 0 spiro atoms. The van der Waals surface area contributed by atoms with Crippen molar-refractivity contribution in [2.24, 2.45) is 0 Å². The second kappa shape index (κ2) is 5.65. The average molecular weight is 335 g/mol. The monoisotopic (exact) mass is 334 g/mol. The molecule has 0 nitrogen and oxygen atoms in total. The first kappa shape index (κ1) is 15.8. The second-order valence-corrected chi connectivity index (χ2v) is 18.7. The molecular weight excluding hydrogens is 312 g/mol. The zero-order valence-corrected chi connectivity index (χ0v) is 16.8. The van der Waals surface area contributed by atoms with Crippen LogP contribution in [0.25, 0.3) is 0 Å². The van der Waals surface area contributed by atoms with Crippen molar-refractivity contribution in [1.29, 1.82) is 0 Å². The molecule has 0 aliphatic rings. The van der Waals surface area contributed by atoms with E-state index in [1.165, 1.54) is 21.5 Å². The first-order valence-corrected chi connectivity index (χ1v) is 15.7. The molecule has 2 heterocycles. The summed E-state index contributed by atoms with van der Waals surface area (Å²) in [7, 11) is -2.56. The molecule has 0 amide bonds. The van der Waals surface area contributed by atoms with E-state index >= 15 is 0 Å². The average Bonchev–Trinajstić information content (AvgIpc) is 2.93. The fourth-order valence-electron chi connectivity index (χ4n) is 2.08. The molecular formula is C16H22S2Si2. The highest BCUT2D eigenvalue weighted by Crippen LogP contribution is 2.13. The Hall–Kier alpha value is -0.606. The highest BCUT2D eigenvalue weighted by molar-refractivity contribution is 7.11. The Morgan fingerprint density at radius 2 is 1.00 bits per heavy atom. The summed E-state index contributed by atoms with van der Waals surface area (Å²) in [4.78, 5) is 0. The summed E-state index contributed by atoms with van der Waals surface area (Å²) in [5, 5.41) is 12.0. The predicted octanol–water partition coefficient (Wildman–Crippen LogP) is 4.30. The normalized spacial score (nSPS) is 12.1. The highest BCUT2D eigenvalue weighted by Gasteiger charge is 2.21. The van der Waals surface area contributed by atoms with Crippen LogP contribution in [0.3, 0.4) is 0 Å². The predicted molar refractivity (Wildman–Crippen MR) is 101 cm³/mol. The van der Waals surface area contributed by atoms with E-state index in [9.17, 15) is 0 Å². The summed E-state index contributed by atoms with van der Waals surface area (Å²) in [6, 6.07) is 0. The lowest BCUT2D eigenvalue weighted by atomic mass is 10.3. The van der Waals surface area contributed by atoms with Gasteiger partial charge < -0.3 is 0 Å². The van der Waals surface area contributed by atoms with Crippen molar-refractivity contribution in [2.45, 2.75) is 39.3 Å². The quantitative estimate of drug-likeness (QED) is 0.567. The molecule has 2 aromatic heterocycles. The molecule has 0 saturated carbocycles. The largest absolute Gasteiger partial charge is 0.151 e. The van der Waals surface area contributed by atoms with Crippen LogP contribution < -0.4 is 10.4 Å². The van der Waals surface area contributed by atoms with E-state index in [1.54, 1.807) is 22.7 Å². The van der Waals surface area contributed by atoms with Gasteiger partial charge in [0, 0.05) is 21.9 Å². The maximum Gasteiger partial charge on any atom is 0.0803 e. The Balaban J connectivity index is 2.39. The van der Waals surface area contributed by atoms with E-state index in [1.807, 2.05) is 0 Å². The third kappa shape index (κ3) is 3.53. The van der Waals surface area contributed by atoms with Gasteiger partial charge in [0.1, 0.15) is 0 Å². The molecule has 0 aromatic carbocycles. The smallest absolute Gasteiger partial charge is 0.0803 e. The summed E-state index contributed by atoms with van der Waals surface area (Å²) < 4.78 is 0. The van der Waals surface area contributed by atoms with Crippen LogP contribution >= 0.6 is 22.7 Å². The molecule has 0 fully saturated rings. The van der Waals surface area contributed by atoms with Crippen LogP contribution in [0, 0.1) is 11.8 Å². The Bertz CT molecular complexity index is 599. The van der Waals surface area contributed by atoms with E-state index in [4.69, 9.17) is 0 Å². The van der Waals surface area contributed by atoms with Crippen LogP contribution in [-0.4, -0.2) is 16.1 Å². The van der Waals surface area contributed by atoms with Crippen molar-refractivity contribution in [1.82, 2.24) is 0 Å². The van der Waals surface area contributed by atoms with Crippen LogP contribution in [0.1, 0.15) is 11.1 Å². The van der Waals surface area contributed by atoms with Gasteiger partial charge in [0.15, 0.2) is 0 Å². The maximum atomic E-state index is 3.44. The molecule has 0 N–H and O–H groups in total. The molecule has 0 bridgehead atoms. The van der Waals surface area contributed by atoms with Crippen LogP contribution in [-0.2, 0) is 0 Å². The van der Waals surface area contributed by atoms with Gasteiger partial charge in [0.05, 0.1) is 16.1 Å². The Kier molecular flexibility index (Phi) is 4.45. The van der Waals surface area contributed by atoms with Gasteiger partial charge in [-0.1, -0.05) is 51.1 Å². The molecule has 0 radical (unpaired) electrons. The van der Waals surface area contributed by atoms with Crippen LogP contribution in [0.15, 0.2) is 21.5 Å². The van der Waals surface area contributed by atoms with Gasteiger partial charge in [-0.05, 0) is 21.1 Å². The molecule has 0 unspecified atom stereocenters. The Morgan fingerprint density at radius 1 is 0.650 bits per heavy atom. The number of hydrogen-bond acceptors (Lipinski definition) is 2. The minimum atomic E-state index is -1.28. The highest BCUT2D eigenvalue weighted by atomic mass is 32.1. The first-order chi connectivity index (χ1) is 9.19. The zero-order chi connectivity index (χ0) is 15.0. The van der Waals surface area contributed by atoms with Gasteiger partial charge in [-0.25, -0.2) is 0 Å². The topological polar surface area (TPSA) is 0 Å². The lowest BCUT2D eigenvalue weighted by Crippen LogP contribution is -2.38. The molecule has 106 valence electrons. The van der Waals surface area contributed by atoms with E-state index < -0.39 is 16.1 Å². The Labute approximate surface area is 132 Å². The minimum absolute atomic E-state index is 1.25. The summed E-state index contributed by atoms with van der Waals surface area (Å²) >= 11 is 3.57. The third-order valence-electron chi connectivity index (χ3n) is 3.27. The molecule has 2 aromatic rings. The number of thiophene rings is 2. The van der Waals surface area contributed by atoms with E-state index in [0.29, 0.717) is 0 Å². The van der Waals surface area contributed by atoms with Crippen molar-refractivity contribution < 1.29 is 0 Å². The molecule has 0 aliphatic heterocycles. The standard InChI is InChI=1S/C16H22S2Si2/c1-19(2,3)15-11-17-9-13(15)7-8-14-10-18-12-16(14)20(4,5)6/h9-12H,1-6H3. The van der Waals surface area contributed by atoms with Gasteiger partial charge in [-0.15, -0.1) is 0 Å². The molecule has 4 heteroatoms. The molecule has 0 saturated heterocycles. The second-order valence-electron chi connectivity index (χ2n) is 7.15. The van der Waals surface area contributed by atoms with Gasteiger partial charge in [0.2, 0.25) is 0 Å². The van der Waals surface area contributed by atoms with Crippen molar-refractivity contribution in [3.63, 3.8) is 0 Å². The van der Waals surface area contributed by atoms with Crippen LogP contribution in [0.4, 0.5) is 0 Å². The van der Waals surface area contributed by atoms with Gasteiger partial charge in [-0.2, -0.15) is 22.7 Å². The van der Waals surface area contributed by atoms with Crippen molar-refractivity contribution in [3.05, 3.63) is 32.6 Å². The molecule has 0 aliphatic carbocycles. The molecule has 0 atom stereocenters. The SMILES string of the molecule is C[Si](C)(C)c1cscc1C#Cc1cscc1[Si](C)(C)C. The van der Waals surface area contributed by atoms with Crippen molar-refractivity contribution >= 4 is 49.2 Å². The van der Waals surface area contributed by atoms with Gasteiger partial charge in [0.25, 0.3) is 0 Å². The maximum absolute atomic E-state index is 3.44. The van der Waals surface area contributed by atoms with Crippen molar-refractivity contribution in [2.75, 3.05) is 0 Å². The summed E-state index contributed by atoms with van der Waals surface area (Å²) in [5.74, 6) is 6.88. The van der Waals surface area contributed by atoms with Crippen molar-refractivity contribution in [3.8, 4) is 11.8 Å². The van der Waals surface area contributed by atoms with E-state index in [2.05, 4.69) is 72.6 Å². The van der Waals surface area contributed by atoms with Gasteiger partial charge >= 0.3 is 0 Å². The first-order valence-electron chi connectivity index (χ1n) is 6.85. The summed E-state index contributed by atoms with van der Waals surface area (Å²) in [5.41, 5.74) is 2.50. The zero-order valence-electron chi connectivity index (χ0n) is 13.1. The van der Waals surface area contributed by atoms with Crippen LogP contribution in [0.2, 0.25) is 39.3 Å². The van der Waals surface area contributed by atoms with Crippen LogP contribution in [0.5, 0.6) is 0 Å². The summed E-state index contributed by atoms with van der Waals surface area (Å²) in [6.07, 6.45) is 0. The lowest BCUT2D eigenvalue weighted by molar-refractivity contribution is 1.72. The fraction of sp³-hybridized carbons (Fsp3) is 0.375. The number of hydrogen-bond donors (Lipinski definition) is 0. The summed E-state index contributed by atoms with van der Waals surface area (Å²) in [6.45, 7) is 14.3. The van der Waals surface area contributed by atoms with Gasteiger partial charge in [-0.3, -0.25) is 0 Å². The molecule has 2 rings (SSSR count). The number of rotatable bonds is 2. The molecule has 20 heavy (non-hydrogen) atoms. The van der Waals surface area contributed by atoms with E-state index in [0.717, 1.165) is 0 Å². The third-order valence-corrected chi connectivity index (χ3v) is 9.24. The lowest BCUT2D eigenvalue weighted by Gasteiger charge is -2.15.